The fourth-order valence-electron chi connectivity index (χ4n) is 4.83. The molecule has 1 aliphatic rings. The van der Waals surface area contributed by atoms with Crippen LogP contribution in [0.1, 0.15) is 42.5 Å². The summed E-state index contributed by atoms with van der Waals surface area (Å²) in [6.07, 6.45) is 0.479. The van der Waals surface area contributed by atoms with Gasteiger partial charge in [0.1, 0.15) is 17.4 Å². The maximum absolute atomic E-state index is 14.8. The fraction of sp³-hybridized carbons (Fsp3) is 0.310. The molecule has 5 nitrogen and oxygen atoms in total. The second-order valence-corrected chi connectivity index (χ2v) is 9.79. The van der Waals surface area contributed by atoms with E-state index in [2.05, 4.69) is 0 Å². The maximum atomic E-state index is 14.8. The largest absolute Gasteiger partial charge is 0.496 e. The number of carbonyl (C=O) groups is 2. The van der Waals surface area contributed by atoms with Gasteiger partial charge in [0.15, 0.2) is 0 Å². The van der Waals surface area contributed by atoms with Gasteiger partial charge in [-0.15, -0.1) is 0 Å². The first-order chi connectivity index (χ1) is 17.1. The highest BCUT2D eigenvalue weighted by molar-refractivity contribution is 5.80. The highest BCUT2D eigenvalue weighted by Crippen LogP contribution is 2.38. The molecule has 4 rings (SSSR count). The van der Waals surface area contributed by atoms with Gasteiger partial charge in [-0.1, -0.05) is 44.2 Å². The van der Waals surface area contributed by atoms with Crippen LogP contribution in [0.5, 0.6) is 5.75 Å². The van der Waals surface area contributed by atoms with E-state index in [1.165, 1.54) is 25.3 Å². The lowest BCUT2D eigenvalue weighted by atomic mass is 9.81. The third kappa shape index (κ3) is 5.25. The molecule has 1 heterocycles. The second-order valence-electron chi connectivity index (χ2n) is 9.79. The SMILES string of the molecule is COc1cc(CC(=O)O)ccc1-c1ccc(F)c2c1CN(C(=O)CC(C)(C)c1ccc(F)cc1)CC2. The first-order valence-electron chi connectivity index (χ1n) is 11.8. The number of benzene rings is 3. The van der Waals surface area contributed by atoms with Crippen LogP contribution in [0.3, 0.4) is 0 Å². The Morgan fingerprint density at radius 3 is 2.36 bits per heavy atom. The number of hydrogen-bond acceptors (Lipinski definition) is 3. The Labute approximate surface area is 209 Å². The van der Waals surface area contributed by atoms with Gasteiger partial charge in [-0.3, -0.25) is 9.59 Å². The summed E-state index contributed by atoms with van der Waals surface area (Å²) >= 11 is 0. The first-order valence-corrected chi connectivity index (χ1v) is 11.8. The highest BCUT2D eigenvalue weighted by Gasteiger charge is 2.31. The smallest absolute Gasteiger partial charge is 0.307 e. The van der Waals surface area contributed by atoms with Crippen molar-refractivity contribution >= 4 is 11.9 Å². The highest BCUT2D eigenvalue weighted by atomic mass is 19.1. The molecule has 0 saturated carbocycles. The van der Waals surface area contributed by atoms with Crippen molar-refractivity contribution in [1.82, 2.24) is 4.90 Å². The molecule has 0 bridgehead atoms. The molecule has 3 aromatic rings. The van der Waals surface area contributed by atoms with Gasteiger partial charge >= 0.3 is 5.97 Å². The summed E-state index contributed by atoms with van der Waals surface area (Å²) in [5, 5.41) is 9.12. The second kappa shape index (κ2) is 10.1. The van der Waals surface area contributed by atoms with Crippen molar-refractivity contribution in [3.05, 3.63) is 88.5 Å². The number of carbonyl (C=O) groups excluding carboxylic acids is 1. The van der Waals surface area contributed by atoms with Crippen molar-refractivity contribution in [3.8, 4) is 16.9 Å². The molecule has 0 fully saturated rings. The van der Waals surface area contributed by atoms with Gasteiger partial charge in [0.25, 0.3) is 0 Å². The minimum atomic E-state index is -0.943. The molecule has 0 saturated heterocycles. The molecule has 0 radical (unpaired) electrons. The quantitative estimate of drug-likeness (QED) is 0.471. The number of rotatable bonds is 7. The summed E-state index contributed by atoms with van der Waals surface area (Å²) in [4.78, 5) is 26.2. The predicted molar refractivity (Wildman–Crippen MR) is 133 cm³/mol. The van der Waals surface area contributed by atoms with Gasteiger partial charge in [0.05, 0.1) is 13.5 Å². The number of nitrogens with zero attached hydrogens (tertiary/aromatic N) is 1. The monoisotopic (exact) mass is 493 g/mol. The topological polar surface area (TPSA) is 66.8 Å². The van der Waals surface area contributed by atoms with Gasteiger partial charge in [0.2, 0.25) is 5.91 Å². The van der Waals surface area contributed by atoms with Crippen LogP contribution in [0.15, 0.2) is 54.6 Å². The molecule has 7 heteroatoms. The summed E-state index contributed by atoms with van der Waals surface area (Å²) < 4.78 is 33.7. The van der Waals surface area contributed by atoms with E-state index in [-0.39, 0.29) is 36.9 Å². The van der Waals surface area contributed by atoms with Crippen LogP contribution in [0.4, 0.5) is 8.78 Å². The zero-order valence-corrected chi connectivity index (χ0v) is 20.6. The zero-order chi connectivity index (χ0) is 26.0. The van der Waals surface area contributed by atoms with E-state index >= 15 is 0 Å². The van der Waals surface area contributed by atoms with E-state index < -0.39 is 11.4 Å². The van der Waals surface area contributed by atoms with Crippen LogP contribution in [0.25, 0.3) is 11.1 Å². The molecule has 188 valence electrons. The van der Waals surface area contributed by atoms with E-state index in [9.17, 15) is 18.4 Å². The third-order valence-electron chi connectivity index (χ3n) is 6.84. The number of carboxylic acid groups (broad SMARTS) is 1. The molecule has 0 unspecified atom stereocenters. The number of ether oxygens (including phenoxy) is 1. The Balaban J connectivity index is 1.63. The van der Waals surface area contributed by atoms with Gasteiger partial charge in [-0.2, -0.15) is 0 Å². The third-order valence-corrected chi connectivity index (χ3v) is 6.84. The zero-order valence-electron chi connectivity index (χ0n) is 20.6. The number of halogens is 2. The lowest BCUT2D eigenvalue weighted by Crippen LogP contribution is -2.39. The van der Waals surface area contributed by atoms with Gasteiger partial charge < -0.3 is 14.7 Å². The average Bonchev–Trinajstić information content (AvgIpc) is 2.84. The minimum Gasteiger partial charge on any atom is -0.496 e. The summed E-state index contributed by atoms with van der Waals surface area (Å²) in [6.45, 7) is 4.55. The van der Waals surface area contributed by atoms with Gasteiger partial charge in [-0.25, -0.2) is 8.78 Å². The van der Waals surface area contributed by atoms with E-state index in [4.69, 9.17) is 9.84 Å². The Morgan fingerprint density at radius 1 is 1.00 bits per heavy atom. The Morgan fingerprint density at radius 2 is 1.69 bits per heavy atom. The molecular weight excluding hydrogens is 464 g/mol. The van der Waals surface area contributed by atoms with Crippen molar-refractivity contribution in [2.24, 2.45) is 0 Å². The van der Waals surface area contributed by atoms with Crippen molar-refractivity contribution in [1.29, 1.82) is 0 Å². The summed E-state index contributed by atoms with van der Waals surface area (Å²) in [5.41, 5.74) is 3.72. The summed E-state index contributed by atoms with van der Waals surface area (Å²) in [5.74, 6) is -1.15. The van der Waals surface area contributed by atoms with Crippen molar-refractivity contribution in [2.75, 3.05) is 13.7 Å². The molecule has 36 heavy (non-hydrogen) atoms. The number of carboxylic acids is 1. The number of fused-ring (bicyclic) bond motifs is 1. The van der Waals surface area contributed by atoms with Gasteiger partial charge in [0, 0.05) is 25.1 Å². The molecule has 1 amide bonds. The van der Waals surface area contributed by atoms with Crippen molar-refractivity contribution in [2.45, 2.75) is 45.1 Å². The van der Waals surface area contributed by atoms with Gasteiger partial charge in [-0.05, 0) is 63.9 Å². The molecule has 3 aromatic carbocycles. The standard InChI is InChI=1S/C29H29F2NO4/c1-29(2,19-5-7-20(30)8-6-19)16-27(33)32-13-12-22-24(17-32)21(10-11-25(22)31)23-9-4-18(15-28(34)35)14-26(23)36-3/h4-11,14H,12-13,15-17H2,1-3H3,(H,34,35). The van der Waals surface area contributed by atoms with Crippen molar-refractivity contribution < 1.29 is 28.2 Å². The Bertz CT molecular complexity index is 1300. The number of aliphatic carboxylic acids is 1. The molecule has 1 N–H and O–H groups in total. The molecular formula is C29H29F2NO4. The predicted octanol–water partition coefficient (Wildman–Crippen LogP) is 5.52. The van der Waals surface area contributed by atoms with Crippen LogP contribution in [-0.2, 0) is 34.4 Å². The maximum Gasteiger partial charge on any atom is 0.307 e. The van der Waals surface area contributed by atoms with Crippen LogP contribution in [0, 0.1) is 11.6 Å². The number of methoxy groups -OCH3 is 1. The van der Waals surface area contributed by atoms with Crippen molar-refractivity contribution in [3.63, 3.8) is 0 Å². The number of amides is 1. The molecule has 0 atom stereocenters. The fourth-order valence-corrected chi connectivity index (χ4v) is 4.83. The van der Waals surface area contributed by atoms with Crippen LogP contribution < -0.4 is 4.74 Å². The normalized spacial score (nSPS) is 13.3. The van der Waals surface area contributed by atoms with E-state index in [0.717, 1.165) is 16.7 Å². The average molecular weight is 494 g/mol. The summed E-state index contributed by atoms with van der Waals surface area (Å²) in [6, 6.07) is 14.5. The molecule has 0 aromatic heterocycles. The Hall–Kier alpha value is -3.74. The molecule has 0 aliphatic carbocycles. The van der Waals surface area contributed by atoms with Crippen LogP contribution >= 0.6 is 0 Å². The number of hydrogen-bond donors (Lipinski definition) is 1. The lowest BCUT2D eigenvalue weighted by Gasteiger charge is -2.34. The molecule has 1 aliphatic heterocycles. The lowest BCUT2D eigenvalue weighted by molar-refractivity contribution is -0.136. The molecule has 0 spiro atoms. The Kier molecular flexibility index (Phi) is 7.11. The first kappa shape index (κ1) is 25.4. The van der Waals surface area contributed by atoms with E-state index in [1.807, 2.05) is 13.8 Å². The van der Waals surface area contributed by atoms with E-state index in [0.29, 0.717) is 35.4 Å². The van der Waals surface area contributed by atoms with Crippen LogP contribution in [-0.4, -0.2) is 35.5 Å². The summed E-state index contributed by atoms with van der Waals surface area (Å²) in [7, 11) is 1.51. The minimum absolute atomic E-state index is 0.0612. The van der Waals surface area contributed by atoms with E-state index in [1.54, 1.807) is 41.3 Å². The van der Waals surface area contributed by atoms with Crippen LogP contribution in [0.2, 0.25) is 0 Å².